The van der Waals surface area contributed by atoms with Gasteiger partial charge in [0.05, 0.1) is 12.1 Å². The number of esters is 1. The summed E-state index contributed by atoms with van der Waals surface area (Å²) in [6.07, 6.45) is 0. The van der Waals surface area contributed by atoms with Crippen LogP contribution in [0.25, 0.3) is 21.2 Å². The zero-order chi connectivity index (χ0) is 21.1. The molecule has 0 aliphatic rings. The Balaban J connectivity index is 1.55. The van der Waals surface area contributed by atoms with Gasteiger partial charge in [-0.1, -0.05) is 60.1 Å². The van der Waals surface area contributed by atoms with Crippen molar-refractivity contribution in [3.8, 4) is 11.1 Å². The molecule has 4 aromatic rings. The van der Waals surface area contributed by atoms with Crippen molar-refractivity contribution in [3.63, 3.8) is 0 Å². The van der Waals surface area contributed by atoms with Crippen LogP contribution in [0.2, 0.25) is 5.02 Å². The summed E-state index contributed by atoms with van der Waals surface area (Å²) in [5.74, 6) is -0.439. The normalized spacial score (nSPS) is 10.6. The molecule has 0 atom stereocenters. The predicted molar refractivity (Wildman–Crippen MR) is 130 cm³/mol. The third-order valence-electron chi connectivity index (χ3n) is 4.52. The van der Waals surface area contributed by atoms with Crippen LogP contribution < -0.4 is 10.6 Å². The summed E-state index contributed by atoms with van der Waals surface area (Å²) in [7, 11) is 1.34. The third-order valence-corrected chi connectivity index (χ3v) is 6.36. The first kappa shape index (κ1) is 20.3. The highest BCUT2D eigenvalue weighted by molar-refractivity contribution is 7.80. The van der Waals surface area contributed by atoms with Crippen molar-refractivity contribution in [2.75, 3.05) is 17.7 Å². The Morgan fingerprint density at radius 1 is 1.00 bits per heavy atom. The molecule has 2 N–H and O–H groups in total. The molecule has 0 saturated heterocycles. The molecule has 4 nitrogen and oxygen atoms in total. The topological polar surface area (TPSA) is 50.4 Å². The van der Waals surface area contributed by atoms with Crippen molar-refractivity contribution < 1.29 is 9.53 Å². The fraction of sp³-hybridized carbons (Fsp3) is 0.0435. The highest BCUT2D eigenvalue weighted by atomic mass is 35.5. The average molecular weight is 453 g/mol. The molecule has 150 valence electrons. The van der Waals surface area contributed by atoms with Crippen LogP contribution in [0.1, 0.15) is 9.67 Å². The number of anilines is 2. The first-order valence-corrected chi connectivity index (χ1v) is 10.7. The molecule has 0 spiro atoms. The largest absolute Gasteiger partial charge is 0.465 e. The quantitative estimate of drug-likeness (QED) is 0.263. The molecule has 0 aliphatic carbocycles. The molecule has 0 aliphatic heterocycles. The van der Waals surface area contributed by atoms with Gasteiger partial charge in [0.2, 0.25) is 0 Å². The Hall–Kier alpha value is -2.93. The molecule has 1 heterocycles. The summed E-state index contributed by atoms with van der Waals surface area (Å²) in [5, 5.41) is 8.15. The van der Waals surface area contributed by atoms with Gasteiger partial charge >= 0.3 is 5.97 Å². The van der Waals surface area contributed by atoms with E-state index in [0.717, 1.165) is 32.6 Å². The SMILES string of the molecule is COC(=O)c1sc2cc(NC(=S)Nc3ccccc3-c3ccccc3)ccc2c1Cl. The number of rotatable bonds is 4. The monoisotopic (exact) mass is 452 g/mol. The Kier molecular flexibility index (Phi) is 5.99. The lowest BCUT2D eigenvalue weighted by Crippen LogP contribution is -2.19. The van der Waals surface area contributed by atoms with E-state index >= 15 is 0 Å². The Bertz CT molecular complexity index is 1240. The lowest BCUT2D eigenvalue weighted by Gasteiger charge is -2.14. The van der Waals surface area contributed by atoms with Gasteiger partial charge in [0, 0.05) is 27.0 Å². The minimum absolute atomic E-state index is 0.392. The molecule has 0 unspecified atom stereocenters. The number of para-hydroxylation sites is 1. The number of nitrogens with one attached hydrogen (secondary N) is 2. The van der Waals surface area contributed by atoms with E-state index in [0.29, 0.717) is 15.0 Å². The Morgan fingerprint density at radius 3 is 2.50 bits per heavy atom. The van der Waals surface area contributed by atoms with E-state index < -0.39 is 5.97 Å². The van der Waals surface area contributed by atoms with E-state index in [2.05, 4.69) is 22.8 Å². The van der Waals surface area contributed by atoms with Crippen molar-refractivity contribution in [1.82, 2.24) is 0 Å². The highest BCUT2D eigenvalue weighted by Gasteiger charge is 2.18. The number of thiocarbonyl (C=S) groups is 1. The number of thiophene rings is 1. The number of halogens is 1. The van der Waals surface area contributed by atoms with Crippen molar-refractivity contribution >= 4 is 67.7 Å². The smallest absolute Gasteiger partial charge is 0.349 e. The average Bonchev–Trinajstić information content (AvgIpc) is 3.10. The first-order chi connectivity index (χ1) is 14.6. The molecule has 0 radical (unpaired) electrons. The van der Waals surface area contributed by atoms with E-state index in [1.807, 2.05) is 60.7 Å². The Labute approximate surface area is 188 Å². The van der Waals surface area contributed by atoms with Crippen LogP contribution in [0.4, 0.5) is 11.4 Å². The standard InChI is InChI=1S/C23H17ClN2O2S2/c1-28-22(27)21-20(24)17-12-11-15(13-19(17)30-21)25-23(29)26-18-10-6-5-9-16(18)14-7-3-2-4-8-14/h2-13H,1H3,(H2,25,26,29). The summed E-state index contributed by atoms with van der Waals surface area (Å²) >= 11 is 13.1. The van der Waals surface area contributed by atoms with Crippen molar-refractivity contribution in [3.05, 3.63) is 82.7 Å². The Morgan fingerprint density at radius 2 is 1.73 bits per heavy atom. The van der Waals surface area contributed by atoms with Crippen molar-refractivity contribution in [2.24, 2.45) is 0 Å². The second-order valence-electron chi connectivity index (χ2n) is 6.44. The number of hydrogen-bond acceptors (Lipinski definition) is 4. The van der Waals surface area contributed by atoms with E-state index in [9.17, 15) is 4.79 Å². The number of carbonyl (C=O) groups excluding carboxylic acids is 1. The summed E-state index contributed by atoms with van der Waals surface area (Å²) < 4.78 is 5.67. The van der Waals surface area contributed by atoms with Gasteiger partial charge in [0.25, 0.3) is 0 Å². The molecule has 7 heteroatoms. The van der Waals surface area contributed by atoms with E-state index in [1.165, 1.54) is 18.4 Å². The number of benzene rings is 3. The summed E-state index contributed by atoms with van der Waals surface area (Å²) in [4.78, 5) is 12.3. The number of ether oxygens (including phenoxy) is 1. The third kappa shape index (κ3) is 4.16. The molecule has 1 aromatic heterocycles. The molecule has 0 fully saturated rings. The van der Waals surface area contributed by atoms with Crippen LogP contribution in [0.15, 0.2) is 72.8 Å². The van der Waals surface area contributed by atoms with Gasteiger partial charge in [-0.25, -0.2) is 4.79 Å². The van der Waals surface area contributed by atoms with E-state index in [1.54, 1.807) is 0 Å². The minimum Gasteiger partial charge on any atom is -0.465 e. The fourth-order valence-corrected chi connectivity index (χ4v) is 4.81. The van der Waals surface area contributed by atoms with Gasteiger partial charge in [-0.05, 0) is 42.0 Å². The van der Waals surface area contributed by atoms with Gasteiger partial charge in [-0.3, -0.25) is 0 Å². The molecule has 30 heavy (non-hydrogen) atoms. The second-order valence-corrected chi connectivity index (χ2v) is 8.28. The lowest BCUT2D eigenvalue weighted by atomic mass is 10.0. The maximum atomic E-state index is 11.9. The van der Waals surface area contributed by atoms with Gasteiger partial charge in [-0.15, -0.1) is 11.3 Å². The fourth-order valence-electron chi connectivity index (χ4n) is 3.11. The number of hydrogen-bond donors (Lipinski definition) is 2. The maximum absolute atomic E-state index is 11.9. The number of methoxy groups -OCH3 is 1. The maximum Gasteiger partial charge on any atom is 0.349 e. The molecule has 0 saturated carbocycles. The number of fused-ring (bicyclic) bond motifs is 1. The van der Waals surface area contributed by atoms with Crippen molar-refractivity contribution in [2.45, 2.75) is 0 Å². The van der Waals surface area contributed by atoms with Crippen LogP contribution in [0.5, 0.6) is 0 Å². The molecule has 0 amide bonds. The zero-order valence-corrected chi connectivity index (χ0v) is 18.3. The highest BCUT2D eigenvalue weighted by Crippen LogP contribution is 2.37. The van der Waals surface area contributed by atoms with E-state index in [4.69, 9.17) is 28.6 Å². The summed E-state index contributed by atoms with van der Waals surface area (Å²) in [5.41, 5.74) is 3.87. The first-order valence-electron chi connectivity index (χ1n) is 9.09. The summed E-state index contributed by atoms with van der Waals surface area (Å²) in [6.45, 7) is 0. The van der Waals surface area contributed by atoms with Gasteiger partial charge in [-0.2, -0.15) is 0 Å². The van der Waals surface area contributed by atoms with Crippen LogP contribution >= 0.6 is 35.2 Å². The molecular weight excluding hydrogens is 436 g/mol. The van der Waals surface area contributed by atoms with Crippen molar-refractivity contribution in [1.29, 1.82) is 0 Å². The van der Waals surface area contributed by atoms with Gasteiger partial charge in [0.1, 0.15) is 4.88 Å². The lowest BCUT2D eigenvalue weighted by molar-refractivity contribution is 0.0606. The van der Waals surface area contributed by atoms with Crippen LogP contribution in [-0.4, -0.2) is 18.2 Å². The molecule has 4 rings (SSSR count). The van der Waals surface area contributed by atoms with Gasteiger partial charge in [0.15, 0.2) is 5.11 Å². The summed E-state index contributed by atoms with van der Waals surface area (Å²) in [6, 6.07) is 23.8. The van der Waals surface area contributed by atoms with Crippen LogP contribution in [0.3, 0.4) is 0 Å². The minimum atomic E-state index is -0.439. The second kappa shape index (κ2) is 8.83. The predicted octanol–water partition coefficient (Wildman–Crippen LogP) is 6.82. The van der Waals surface area contributed by atoms with Gasteiger partial charge < -0.3 is 15.4 Å². The number of carbonyl (C=O) groups is 1. The molecular formula is C23H17ClN2O2S2. The van der Waals surface area contributed by atoms with E-state index in [-0.39, 0.29) is 0 Å². The van der Waals surface area contributed by atoms with Crippen LogP contribution in [-0.2, 0) is 4.74 Å². The molecule has 0 bridgehead atoms. The molecule has 3 aromatic carbocycles. The zero-order valence-electron chi connectivity index (χ0n) is 15.9. The van der Waals surface area contributed by atoms with Crippen LogP contribution in [0, 0.1) is 0 Å².